The number of ether oxygens (including phenoxy) is 1. The third-order valence-corrected chi connectivity index (χ3v) is 5.30. The minimum absolute atomic E-state index is 0.531. The normalized spacial score (nSPS) is 28.6. The molecule has 2 aliphatic carbocycles. The van der Waals surface area contributed by atoms with Crippen LogP contribution in [-0.2, 0) is 0 Å². The first kappa shape index (κ1) is 14.6. The molecular weight excluding hydrogens is 260 g/mol. The van der Waals surface area contributed by atoms with Crippen molar-refractivity contribution in [3.63, 3.8) is 0 Å². The first-order valence-electron chi connectivity index (χ1n) is 8.46. The van der Waals surface area contributed by atoms with E-state index in [1.165, 1.54) is 25.7 Å². The molecule has 21 heavy (non-hydrogen) atoms. The number of benzene rings is 1. The van der Waals surface area contributed by atoms with E-state index in [4.69, 9.17) is 10.5 Å². The van der Waals surface area contributed by atoms with Crippen molar-refractivity contribution in [3.8, 4) is 5.75 Å². The maximum absolute atomic E-state index is 5.98. The van der Waals surface area contributed by atoms with Crippen molar-refractivity contribution in [2.24, 2.45) is 17.8 Å². The van der Waals surface area contributed by atoms with E-state index in [9.17, 15) is 0 Å². The van der Waals surface area contributed by atoms with E-state index < -0.39 is 0 Å². The second-order valence-electron chi connectivity index (χ2n) is 6.87. The summed E-state index contributed by atoms with van der Waals surface area (Å²) >= 11 is 0. The Morgan fingerprint density at radius 3 is 2.86 bits per heavy atom. The molecule has 1 aromatic rings. The first-order chi connectivity index (χ1) is 10.2. The van der Waals surface area contributed by atoms with E-state index in [2.05, 4.69) is 31.3 Å². The van der Waals surface area contributed by atoms with Gasteiger partial charge in [0, 0.05) is 17.8 Å². The number of hydrogen-bond donors (Lipinski definition) is 2. The fourth-order valence-corrected chi connectivity index (χ4v) is 4.24. The molecule has 4 unspecified atom stereocenters. The van der Waals surface area contributed by atoms with E-state index in [-0.39, 0.29) is 0 Å². The Morgan fingerprint density at radius 2 is 2.19 bits per heavy atom. The van der Waals surface area contributed by atoms with Gasteiger partial charge in [0.2, 0.25) is 0 Å². The Bertz CT molecular complexity index is 488. The van der Waals surface area contributed by atoms with E-state index >= 15 is 0 Å². The number of nitrogen functional groups attached to an aromatic ring is 1. The summed E-state index contributed by atoms with van der Waals surface area (Å²) in [5.74, 6) is 3.59. The number of hydrogen-bond acceptors (Lipinski definition) is 3. The second kappa shape index (κ2) is 6.17. The topological polar surface area (TPSA) is 47.3 Å². The van der Waals surface area contributed by atoms with Crippen molar-refractivity contribution in [2.75, 3.05) is 17.7 Å². The molecule has 2 fully saturated rings. The average Bonchev–Trinajstić information content (AvgIpc) is 3.10. The highest BCUT2D eigenvalue weighted by molar-refractivity contribution is 5.61. The maximum Gasteiger partial charge on any atom is 0.144 e. The molecule has 3 N–H and O–H groups in total. The Balaban J connectivity index is 1.64. The van der Waals surface area contributed by atoms with Gasteiger partial charge in [-0.15, -0.1) is 0 Å². The summed E-state index contributed by atoms with van der Waals surface area (Å²) in [6, 6.07) is 6.59. The lowest BCUT2D eigenvalue weighted by Crippen LogP contribution is -2.29. The highest BCUT2D eigenvalue weighted by Gasteiger charge is 2.41. The van der Waals surface area contributed by atoms with Crippen LogP contribution in [0.5, 0.6) is 5.75 Å². The molecule has 2 bridgehead atoms. The predicted octanol–water partition coefficient (Wildman–Crippen LogP) is 4.29. The minimum Gasteiger partial charge on any atom is -0.491 e. The zero-order valence-corrected chi connectivity index (χ0v) is 13.3. The van der Waals surface area contributed by atoms with Crippen LogP contribution >= 0.6 is 0 Å². The highest BCUT2D eigenvalue weighted by Crippen LogP contribution is 2.49. The molecule has 4 atom stereocenters. The summed E-state index contributed by atoms with van der Waals surface area (Å²) in [5, 5.41) is 3.68. The fraction of sp³-hybridized carbons (Fsp3) is 0.667. The molecule has 0 saturated heterocycles. The zero-order valence-electron chi connectivity index (χ0n) is 13.3. The van der Waals surface area contributed by atoms with Gasteiger partial charge in [0.25, 0.3) is 0 Å². The van der Waals surface area contributed by atoms with E-state index in [0.29, 0.717) is 6.04 Å². The van der Waals surface area contributed by atoms with Crippen LogP contribution < -0.4 is 15.8 Å². The van der Waals surface area contributed by atoms with E-state index in [0.717, 1.165) is 47.9 Å². The number of nitrogens with two attached hydrogens (primary N) is 1. The third kappa shape index (κ3) is 3.12. The summed E-state index contributed by atoms with van der Waals surface area (Å²) in [5.41, 5.74) is 7.83. The molecule has 116 valence electrons. The van der Waals surface area contributed by atoms with E-state index in [1.54, 1.807) is 0 Å². The lowest BCUT2D eigenvalue weighted by molar-refractivity contribution is 0.304. The molecule has 3 heteroatoms. The molecule has 0 aromatic heterocycles. The largest absolute Gasteiger partial charge is 0.491 e. The Kier molecular flexibility index (Phi) is 4.27. The second-order valence-corrected chi connectivity index (χ2v) is 6.87. The molecule has 3 nitrogen and oxygen atoms in total. The number of anilines is 2. The lowest BCUT2D eigenvalue weighted by Gasteiger charge is -2.29. The summed E-state index contributed by atoms with van der Waals surface area (Å²) in [4.78, 5) is 0. The van der Waals surface area contributed by atoms with Crippen LogP contribution in [0.4, 0.5) is 11.4 Å². The van der Waals surface area contributed by atoms with Crippen LogP contribution in [-0.4, -0.2) is 12.6 Å². The van der Waals surface area contributed by atoms with Crippen molar-refractivity contribution >= 4 is 11.4 Å². The summed E-state index contributed by atoms with van der Waals surface area (Å²) in [6.45, 7) is 5.15. The van der Waals surface area contributed by atoms with Gasteiger partial charge in [0.15, 0.2) is 0 Å². The molecular formula is C18H28N2O. The van der Waals surface area contributed by atoms with Crippen LogP contribution in [0.15, 0.2) is 18.2 Å². The van der Waals surface area contributed by atoms with Crippen molar-refractivity contribution in [2.45, 2.75) is 52.0 Å². The van der Waals surface area contributed by atoms with Crippen LogP contribution in [0.2, 0.25) is 0 Å². The van der Waals surface area contributed by atoms with Gasteiger partial charge in [-0.1, -0.05) is 13.3 Å². The van der Waals surface area contributed by atoms with Crippen LogP contribution in [0.3, 0.4) is 0 Å². The van der Waals surface area contributed by atoms with Gasteiger partial charge in [-0.3, -0.25) is 0 Å². The number of rotatable bonds is 6. The fourth-order valence-electron chi connectivity index (χ4n) is 4.24. The molecule has 3 rings (SSSR count). The molecule has 0 amide bonds. The quantitative estimate of drug-likeness (QED) is 0.767. The van der Waals surface area contributed by atoms with Crippen molar-refractivity contribution in [1.29, 1.82) is 0 Å². The molecule has 0 heterocycles. The highest BCUT2D eigenvalue weighted by atomic mass is 16.5. The van der Waals surface area contributed by atoms with Gasteiger partial charge < -0.3 is 15.8 Å². The van der Waals surface area contributed by atoms with Crippen LogP contribution in [0.1, 0.15) is 46.0 Å². The zero-order chi connectivity index (χ0) is 14.8. The Labute approximate surface area is 128 Å². The van der Waals surface area contributed by atoms with Gasteiger partial charge in [-0.05, 0) is 62.5 Å². The van der Waals surface area contributed by atoms with Crippen molar-refractivity contribution in [1.82, 2.24) is 0 Å². The van der Waals surface area contributed by atoms with Crippen molar-refractivity contribution < 1.29 is 4.74 Å². The number of nitrogens with one attached hydrogen (secondary N) is 1. The number of fused-ring (bicyclic) bond motifs is 2. The van der Waals surface area contributed by atoms with Crippen LogP contribution in [0.25, 0.3) is 0 Å². The summed E-state index contributed by atoms with van der Waals surface area (Å²) < 4.78 is 5.72. The standard InChI is InChI=1S/C18H28N2O/c1-3-8-21-18-11-15(6-7-17(18)19)20-12(2)16-10-13-4-5-14(16)9-13/h6-7,11-14,16,20H,3-5,8-10,19H2,1-2H3. The SMILES string of the molecule is CCCOc1cc(NC(C)C2CC3CCC2C3)ccc1N. The lowest BCUT2D eigenvalue weighted by atomic mass is 9.84. The van der Waals surface area contributed by atoms with Gasteiger partial charge in [0.05, 0.1) is 12.3 Å². The molecule has 0 radical (unpaired) electrons. The smallest absolute Gasteiger partial charge is 0.144 e. The molecule has 2 saturated carbocycles. The monoisotopic (exact) mass is 288 g/mol. The van der Waals surface area contributed by atoms with Gasteiger partial charge in [-0.2, -0.15) is 0 Å². The van der Waals surface area contributed by atoms with E-state index in [1.807, 2.05) is 6.07 Å². The maximum atomic E-state index is 5.98. The average molecular weight is 288 g/mol. The molecule has 0 aliphatic heterocycles. The Hall–Kier alpha value is -1.38. The van der Waals surface area contributed by atoms with Crippen LogP contribution in [0, 0.1) is 17.8 Å². The molecule has 0 spiro atoms. The third-order valence-electron chi connectivity index (χ3n) is 5.30. The summed E-state index contributed by atoms with van der Waals surface area (Å²) in [7, 11) is 0. The summed E-state index contributed by atoms with van der Waals surface area (Å²) in [6.07, 6.45) is 6.77. The van der Waals surface area contributed by atoms with Gasteiger partial charge in [-0.25, -0.2) is 0 Å². The van der Waals surface area contributed by atoms with Gasteiger partial charge >= 0.3 is 0 Å². The van der Waals surface area contributed by atoms with Gasteiger partial charge in [0.1, 0.15) is 5.75 Å². The molecule has 1 aromatic carbocycles. The molecule has 2 aliphatic rings. The first-order valence-corrected chi connectivity index (χ1v) is 8.46. The van der Waals surface area contributed by atoms with Crippen molar-refractivity contribution in [3.05, 3.63) is 18.2 Å². The Morgan fingerprint density at radius 1 is 1.33 bits per heavy atom. The minimum atomic E-state index is 0.531. The predicted molar refractivity (Wildman–Crippen MR) is 88.7 cm³/mol.